The van der Waals surface area contributed by atoms with Gasteiger partial charge in [0.25, 0.3) is 5.19 Å². The number of aryl methyl sites for hydroxylation is 1. The normalized spacial score (nSPS) is 10.2. The number of hydrogen-bond donors (Lipinski definition) is 1. The van der Waals surface area contributed by atoms with Crippen molar-refractivity contribution in [2.24, 2.45) is 5.73 Å². The lowest BCUT2D eigenvalue weighted by molar-refractivity contribution is 0.311. The molecule has 0 radical (unpaired) electrons. The van der Waals surface area contributed by atoms with E-state index in [2.05, 4.69) is 9.36 Å². The summed E-state index contributed by atoms with van der Waals surface area (Å²) in [4.78, 5) is 4.14. The van der Waals surface area contributed by atoms with E-state index in [4.69, 9.17) is 10.5 Å². The summed E-state index contributed by atoms with van der Waals surface area (Å²) >= 11 is 1.30. The Kier molecular flexibility index (Phi) is 3.96. The molecule has 0 saturated carbocycles. The molecule has 0 atom stereocenters. The molecular weight excluding hydrogens is 174 g/mol. The third kappa shape index (κ3) is 2.75. The zero-order valence-electron chi connectivity index (χ0n) is 7.12. The van der Waals surface area contributed by atoms with Crippen LogP contribution in [0.15, 0.2) is 0 Å². The first-order chi connectivity index (χ1) is 5.86. The summed E-state index contributed by atoms with van der Waals surface area (Å²) in [7, 11) is 0. The van der Waals surface area contributed by atoms with Crippen molar-refractivity contribution in [1.29, 1.82) is 0 Å². The van der Waals surface area contributed by atoms with Gasteiger partial charge in [0.1, 0.15) is 5.82 Å². The maximum absolute atomic E-state index is 5.31. The predicted octanol–water partition coefficient (Wildman–Crippen LogP) is 0.828. The van der Waals surface area contributed by atoms with Crippen LogP contribution in [0.1, 0.15) is 19.2 Å². The monoisotopic (exact) mass is 187 g/mol. The fourth-order valence-corrected chi connectivity index (χ4v) is 1.32. The van der Waals surface area contributed by atoms with Gasteiger partial charge in [-0.3, -0.25) is 0 Å². The molecule has 1 rings (SSSR count). The van der Waals surface area contributed by atoms with Gasteiger partial charge in [0, 0.05) is 18.0 Å². The minimum atomic E-state index is 0.634. The minimum absolute atomic E-state index is 0.634. The molecule has 4 nitrogen and oxygen atoms in total. The fraction of sp³-hybridized carbons (Fsp3) is 0.714. The van der Waals surface area contributed by atoms with Crippen molar-refractivity contribution in [3.05, 3.63) is 5.82 Å². The highest BCUT2D eigenvalue weighted by Gasteiger charge is 2.01. The number of nitrogens with two attached hydrogens (primary N) is 1. The fourth-order valence-electron chi connectivity index (χ4n) is 0.683. The highest BCUT2D eigenvalue weighted by molar-refractivity contribution is 7.07. The Morgan fingerprint density at radius 3 is 3.00 bits per heavy atom. The average molecular weight is 187 g/mol. The lowest BCUT2D eigenvalue weighted by Crippen LogP contribution is -2.05. The Morgan fingerprint density at radius 2 is 2.42 bits per heavy atom. The van der Waals surface area contributed by atoms with E-state index in [0.29, 0.717) is 18.3 Å². The second-order valence-corrected chi connectivity index (χ2v) is 3.04. The topological polar surface area (TPSA) is 61.0 Å². The van der Waals surface area contributed by atoms with Crippen LogP contribution in [0.4, 0.5) is 0 Å². The highest BCUT2D eigenvalue weighted by Crippen LogP contribution is 2.13. The van der Waals surface area contributed by atoms with Crippen LogP contribution in [-0.4, -0.2) is 22.5 Å². The van der Waals surface area contributed by atoms with Gasteiger partial charge in [-0.2, -0.15) is 9.36 Å². The van der Waals surface area contributed by atoms with E-state index in [9.17, 15) is 0 Å². The average Bonchev–Trinajstić information content (AvgIpc) is 2.53. The van der Waals surface area contributed by atoms with Crippen molar-refractivity contribution in [1.82, 2.24) is 9.36 Å². The second-order valence-electron chi connectivity index (χ2n) is 2.32. The SMILES string of the molecule is CCc1nsc(OCCCN)n1. The van der Waals surface area contributed by atoms with E-state index in [0.717, 1.165) is 18.7 Å². The van der Waals surface area contributed by atoms with Crippen LogP contribution >= 0.6 is 11.5 Å². The Morgan fingerprint density at radius 1 is 1.58 bits per heavy atom. The number of aromatic nitrogens is 2. The molecule has 68 valence electrons. The van der Waals surface area contributed by atoms with Gasteiger partial charge >= 0.3 is 0 Å². The summed E-state index contributed by atoms with van der Waals surface area (Å²) in [6, 6.07) is 0. The maximum Gasteiger partial charge on any atom is 0.293 e. The summed E-state index contributed by atoms with van der Waals surface area (Å²) in [5, 5.41) is 0.653. The molecule has 12 heavy (non-hydrogen) atoms. The molecule has 0 fully saturated rings. The van der Waals surface area contributed by atoms with Gasteiger partial charge in [0.2, 0.25) is 0 Å². The second kappa shape index (κ2) is 5.05. The Bertz CT molecular complexity index is 226. The summed E-state index contributed by atoms with van der Waals surface area (Å²) in [5.41, 5.74) is 5.31. The third-order valence-electron chi connectivity index (χ3n) is 1.34. The van der Waals surface area contributed by atoms with E-state index in [1.54, 1.807) is 0 Å². The van der Waals surface area contributed by atoms with Crippen molar-refractivity contribution >= 4 is 11.5 Å². The Balaban J connectivity index is 2.31. The first-order valence-corrected chi connectivity index (χ1v) is 4.79. The van der Waals surface area contributed by atoms with Crippen molar-refractivity contribution < 1.29 is 4.74 Å². The summed E-state index contributed by atoms with van der Waals surface area (Å²) in [6.07, 6.45) is 1.72. The summed E-state index contributed by atoms with van der Waals surface area (Å²) in [5.74, 6) is 0.850. The largest absolute Gasteiger partial charge is 0.469 e. The molecule has 0 amide bonds. The third-order valence-corrected chi connectivity index (χ3v) is 2.01. The van der Waals surface area contributed by atoms with Gasteiger partial charge in [-0.05, 0) is 13.0 Å². The first-order valence-electron chi connectivity index (χ1n) is 4.02. The number of nitrogens with zero attached hydrogens (tertiary/aromatic N) is 2. The number of hydrogen-bond acceptors (Lipinski definition) is 5. The predicted molar refractivity (Wildman–Crippen MR) is 48.5 cm³/mol. The molecule has 0 aliphatic rings. The molecule has 0 spiro atoms. The molecule has 1 heterocycles. The standard InChI is InChI=1S/C7H13N3OS/c1-2-6-9-7(12-10-6)11-5-3-4-8/h2-5,8H2,1H3. The van der Waals surface area contributed by atoms with Crippen molar-refractivity contribution in [2.45, 2.75) is 19.8 Å². The van der Waals surface area contributed by atoms with E-state index < -0.39 is 0 Å². The zero-order chi connectivity index (χ0) is 8.81. The van der Waals surface area contributed by atoms with Crippen molar-refractivity contribution in [3.8, 4) is 5.19 Å². The van der Waals surface area contributed by atoms with Gasteiger partial charge in [0.15, 0.2) is 0 Å². The van der Waals surface area contributed by atoms with Crippen molar-refractivity contribution in [3.63, 3.8) is 0 Å². The molecule has 0 aromatic carbocycles. The summed E-state index contributed by atoms with van der Waals surface area (Å²) in [6.45, 7) is 3.31. The molecule has 2 N–H and O–H groups in total. The maximum atomic E-state index is 5.31. The van der Waals surface area contributed by atoms with Gasteiger partial charge in [-0.1, -0.05) is 6.92 Å². The molecule has 0 unspecified atom stereocenters. The molecule has 0 bridgehead atoms. The van der Waals surface area contributed by atoms with Crippen LogP contribution in [0.2, 0.25) is 0 Å². The smallest absolute Gasteiger partial charge is 0.293 e. The molecular formula is C7H13N3OS. The van der Waals surface area contributed by atoms with Gasteiger partial charge in [0.05, 0.1) is 6.61 Å². The Hall–Kier alpha value is -0.680. The van der Waals surface area contributed by atoms with Crippen LogP contribution in [-0.2, 0) is 6.42 Å². The van der Waals surface area contributed by atoms with Gasteiger partial charge < -0.3 is 10.5 Å². The summed E-state index contributed by atoms with van der Waals surface area (Å²) < 4.78 is 9.38. The molecule has 0 saturated heterocycles. The van der Waals surface area contributed by atoms with Crippen molar-refractivity contribution in [2.75, 3.05) is 13.2 Å². The van der Waals surface area contributed by atoms with Crippen LogP contribution < -0.4 is 10.5 Å². The molecule has 5 heteroatoms. The van der Waals surface area contributed by atoms with Crippen LogP contribution in [0, 0.1) is 0 Å². The number of ether oxygens (including phenoxy) is 1. The lowest BCUT2D eigenvalue weighted by Gasteiger charge is -1.97. The van der Waals surface area contributed by atoms with Crippen LogP contribution in [0.3, 0.4) is 0 Å². The van der Waals surface area contributed by atoms with Crippen LogP contribution in [0.5, 0.6) is 5.19 Å². The minimum Gasteiger partial charge on any atom is -0.469 e. The van der Waals surface area contributed by atoms with E-state index in [-0.39, 0.29) is 0 Å². The molecule has 1 aromatic heterocycles. The molecule has 1 aromatic rings. The first kappa shape index (κ1) is 9.41. The zero-order valence-corrected chi connectivity index (χ0v) is 7.93. The van der Waals surface area contributed by atoms with E-state index in [1.807, 2.05) is 6.92 Å². The van der Waals surface area contributed by atoms with Gasteiger partial charge in [-0.25, -0.2) is 0 Å². The highest BCUT2D eigenvalue weighted by atomic mass is 32.1. The number of rotatable bonds is 5. The van der Waals surface area contributed by atoms with Crippen LogP contribution in [0.25, 0.3) is 0 Å². The molecule has 0 aliphatic heterocycles. The van der Waals surface area contributed by atoms with E-state index in [1.165, 1.54) is 11.5 Å². The van der Waals surface area contributed by atoms with Gasteiger partial charge in [-0.15, -0.1) is 0 Å². The molecule has 0 aliphatic carbocycles. The quantitative estimate of drug-likeness (QED) is 0.693. The van der Waals surface area contributed by atoms with E-state index >= 15 is 0 Å². The lowest BCUT2D eigenvalue weighted by atomic mass is 10.5. The Labute approximate surface area is 75.9 Å².